The zero-order chi connectivity index (χ0) is 23.0. The summed E-state index contributed by atoms with van der Waals surface area (Å²) < 4.78 is 11.2. The van der Waals surface area contributed by atoms with Crippen LogP contribution in [0.3, 0.4) is 0 Å². The van der Waals surface area contributed by atoms with Gasteiger partial charge in [-0.2, -0.15) is 5.26 Å². The second-order valence-electron chi connectivity index (χ2n) is 7.68. The number of carbonyl (C=O) groups excluding carboxylic acids is 1. The van der Waals surface area contributed by atoms with Crippen molar-refractivity contribution < 1.29 is 13.9 Å². The molecule has 8 heteroatoms. The molecule has 4 rings (SSSR count). The average Bonchev–Trinajstić information content (AvgIpc) is 2.75. The highest BCUT2D eigenvalue weighted by molar-refractivity contribution is 5.96. The minimum absolute atomic E-state index is 0.0504. The molecule has 1 aromatic carbocycles. The molecule has 1 aliphatic heterocycles. The third-order valence-electron chi connectivity index (χ3n) is 5.51. The fraction of sp³-hybridized carbons (Fsp3) is 0.250. The second kappa shape index (κ2) is 8.19. The maximum atomic E-state index is 13.1. The van der Waals surface area contributed by atoms with E-state index < -0.39 is 11.9 Å². The first-order valence-corrected chi connectivity index (χ1v) is 10.1. The number of aryl methyl sites for hydroxylation is 2. The van der Waals surface area contributed by atoms with E-state index in [1.54, 1.807) is 38.2 Å². The number of esters is 1. The van der Waals surface area contributed by atoms with E-state index in [-0.39, 0.29) is 29.6 Å². The number of rotatable bonds is 4. The number of aromatic amines is 1. The Kier molecular flexibility index (Phi) is 5.41. The minimum Gasteiger partial charge on any atom is -0.461 e. The number of H-pyrrole nitrogens is 1. The Morgan fingerprint density at radius 1 is 1.25 bits per heavy atom. The molecule has 0 fully saturated rings. The smallest absolute Gasteiger partial charge is 0.336 e. The van der Waals surface area contributed by atoms with Gasteiger partial charge in [0.1, 0.15) is 18.0 Å². The molecule has 0 aliphatic carbocycles. The number of ether oxygens (including phenoxy) is 1. The normalized spacial score (nSPS) is 15.1. The molecule has 0 radical (unpaired) electrons. The van der Waals surface area contributed by atoms with E-state index in [4.69, 9.17) is 14.4 Å². The van der Waals surface area contributed by atoms with Crippen molar-refractivity contribution in [3.8, 4) is 6.07 Å². The van der Waals surface area contributed by atoms with Gasteiger partial charge < -0.3 is 19.5 Å². The summed E-state index contributed by atoms with van der Waals surface area (Å²) in [5.74, 6) is -1.06. The van der Waals surface area contributed by atoms with Crippen LogP contribution in [0, 0.1) is 25.2 Å². The van der Waals surface area contributed by atoms with Gasteiger partial charge >= 0.3 is 5.97 Å². The van der Waals surface area contributed by atoms with Gasteiger partial charge in [0.2, 0.25) is 0 Å². The van der Waals surface area contributed by atoms with Crippen molar-refractivity contribution in [3.05, 3.63) is 84.8 Å². The molecule has 1 atom stereocenters. The number of aromatic nitrogens is 1. The lowest BCUT2D eigenvalue weighted by atomic mass is 9.80. The Bertz CT molecular complexity index is 1440. The van der Waals surface area contributed by atoms with E-state index in [1.165, 1.54) is 6.07 Å². The van der Waals surface area contributed by atoms with Gasteiger partial charge in [0, 0.05) is 23.5 Å². The fourth-order valence-corrected chi connectivity index (χ4v) is 4.10. The monoisotopic (exact) mass is 431 g/mol. The Morgan fingerprint density at radius 3 is 2.78 bits per heavy atom. The molecule has 0 saturated carbocycles. The van der Waals surface area contributed by atoms with Gasteiger partial charge in [-0.25, -0.2) is 4.79 Å². The summed E-state index contributed by atoms with van der Waals surface area (Å²) >= 11 is 0. The van der Waals surface area contributed by atoms with E-state index in [9.17, 15) is 14.4 Å². The predicted molar refractivity (Wildman–Crippen MR) is 118 cm³/mol. The number of hydrogen-bond donors (Lipinski definition) is 2. The first-order chi connectivity index (χ1) is 15.3. The Labute approximate surface area is 183 Å². The number of nitrogens with one attached hydrogen (secondary N) is 2. The van der Waals surface area contributed by atoms with Crippen molar-refractivity contribution in [2.24, 2.45) is 0 Å². The number of para-hydroxylation sites is 1. The van der Waals surface area contributed by atoms with Gasteiger partial charge in [-0.15, -0.1) is 0 Å². The van der Waals surface area contributed by atoms with Gasteiger partial charge in [-0.05, 0) is 32.4 Å². The summed E-state index contributed by atoms with van der Waals surface area (Å²) in [5, 5.41) is 12.3. The zero-order valence-corrected chi connectivity index (χ0v) is 17.9. The lowest BCUT2D eigenvalue weighted by molar-refractivity contribution is -0.139. The number of carbonyl (C=O) groups is 1. The highest BCUT2D eigenvalue weighted by Crippen LogP contribution is 2.43. The van der Waals surface area contributed by atoms with Crippen LogP contribution in [-0.4, -0.2) is 17.6 Å². The molecule has 32 heavy (non-hydrogen) atoms. The standard InChI is InChI=1S/C24H21N3O5/c1-12-11-26-23(29)20-19(16-7-4-6-15-17(28)10-13(2)32-22(15)16)18(14(3)27-21(12)20)24(30)31-9-5-8-25/h4,6-7,10-11,19,27H,5,9H2,1-3H3,(H,26,29). The number of hydrogen-bond acceptors (Lipinski definition) is 7. The molecule has 0 saturated heterocycles. The first-order valence-electron chi connectivity index (χ1n) is 10.1. The maximum Gasteiger partial charge on any atom is 0.336 e. The summed E-state index contributed by atoms with van der Waals surface area (Å²) in [6.45, 7) is 5.17. The summed E-state index contributed by atoms with van der Waals surface area (Å²) in [4.78, 5) is 41.4. The lowest BCUT2D eigenvalue weighted by Gasteiger charge is -2.30. The number of fused-ring (bicyclic) bond motifs is 2. The van der Waals surface area contributed by atoms with Crippen molar-refractivity contribution in [3.63, 3.8) is 0 Å². The molecular formula is C24H21N3O5. The SMILES string of the molecule is CC1=C(C(=O)OCCC#N)C(c2cccc3c(=O)cc(C)oc23)c2c(c(C)c[nH]c2=O)N1. The predicted octanol–water partition coefficient (Wildman–Crippen LogP) is 3.39. The zero-order valence-electron chi connectivity index (χ0n) is 17.9. The van der Waals surface area contributed by atoms with E-state index in [0.29, 0.717) is 39.2 Å². The molecule has 0 bridgehead atoms. The van der Waals surface area contributed by atoms with Gasteiger partial charge in [0.25, 0.3) is 5.56 Å². The highest BCUT2D eigenvalue weighted by Gasteiger charge is 2.37. The number of allylic oxidation sites excluding steroid dienone is 1. The molecule has 8 nitrogen and oxygen atoms in total. The Morgan fingerprint density at radius 2 is 2.03 bits per heavy atom. The number of benzene rings is 1. The van der Waals surface area contributed by atoms with Crippen LogP contribution in [-0.2, 0) is 9.53 Å². The molecule has 3 aromatic rings. The fourth-order valence-electron chi connectivity index (χ4n) is 4.10. The van der Waals surface area contributed by atoms with Crippen molar-refractivity contribution >= 4 is 22.6 Å². The number of nitriles is 1. The summed E-state index contributed by atoms with van der Waals surface area (Å²) in [7, 11) is 0. The molecule has 2 aromatic heterocycles. The third-order valence-corrected chi connectivity index (χ3v) is 5.51. The van der Waals surface area contributed by atoms with Gasteiger partial charge in [0.15, 0.2) is 5.43 Å². The van der Waals surface area contributed by atoms with E-state index >= 15 is 0 Å². The van der Waals surface area contributed by atoms with Crippen molar-refractivity contribution in [2.45, 2.75) is 33.1 Å². The summed E-state index contributed by atoms with van der Waals surface area (Å²) in [5.41, 5.74) is 2.70. The number of anilines is 1. The first kappa shape index (κ1) is 21.1. The van der Waals surface area contributed by atoms with Crippen LogP contribution in [0.4, 0.5) is 5.69 Å². The Hall–Kier alpha value is -4.12. The number of nitrogens with zero attached hydrogens (tertiary/aromatic N) is 1. The van der Waals surface area contributed by atoms with Crippen LogP contribution < -0.4 is 16.3 Å². The summed E-state index contributed by atoms with van der Waals surface area (Å²) in [6, 6.07) is 8.42. The summed E-state index contributed by atoms with van der Waals surface area (Å²) in [6.07, 6.45) is 1.65. The van der Waals surface area contributed by atoms with Crippen molar-refractivity contribution in [1.29, 1.82) is 5.26 Å². The molecule has 1 unspecified atom stereocenters. The quantitative estimate of drug-likeness (QED) is 0.479. The van der Waals surface area contributed by atoms with E-state index in [1.807, 2.05) is 13.0 Å². The van der Waals surface area contributed by atoms with Crippen LogP contribution in [0.15, 0.2) is 55.7 Å². The minimum atomic E-state index is -0.835. The Balaban J connectivity index is 2.03. The highest BCUT2D eigenvalue weighted by atomic mass is 16.5. The lowest BCUT2D eigenvalue weighted by Crippen LogP contribution is -2.30. The van der Waals surface area contributed by atoms with Gasteiger partial charge in [-0.3, -0.25) is 9.59 Å². The van der Waals surface area contributed by atoms with Gasteiger partial charge in [-0.1, -0.05) is 12.1 Å². The molecule has 162 valence electrons. The van der Waals surface area contributed by atoms with E-state index in [0.717, 1.165) is 5.56 Å². The van der Waals surface area contributed by atoms with E-state index in [2.05, 4.69) is 10.3 Å². The average molecular weight is 431 g/mol. The van der Waals surface area contributed by atoms with Crippen molar-refractivity contribution in [1.82, 2.24) is 4.98 Å². The van der Waals surface area contributed by atoms with Crippen LogP contribution >= 0.6 is 0 Å². The van der Waals surface area contributed by atoms with Crippen LogP contribution in [0.1, 0.15) is 41.7 Å². The maximum absolute atomic E-state index is 13.1. The third kappa shape index (κ3) is 3.48. The largest absolute Gasteiger partial charge is 0.461 e. The molecule has 3 heterocycles. The molecule has 0 amide bonds. The topological polar surface area (TPSA) is 125 Å². The van der Waals surface area contributed by atoms with Crippen LogP contribution in [0.2, 0.25) is 0 Å². The molecule has 2 N–H and O–H groups in total. The van der Waals surface area contributed by atoms with Gasteiger partial charge in [0.05, 0.1) is 40.6 Å². The molecule has 0 spiro atoms. The van der Waals surface area contributed by atoms with Crippen LogP contribution in [0.25, 0.3) is 11.0 Å². The second-order valence-corrected chi connectivity index (χ2v) is 7.68. The molecule has 1 aliphatic rings. The number of pyridine rings is 1. The van der Waals surface area contributed by atoms with Crippen molar-refractivity contribution in [2.75, 3.05) is 11.9 Å². The van der Waals surface area contributed by atoms with Crippen LogP contribution in [0.5, 0.6) is 0 Å². The molecular weight excluding hydrogens is 410 g/mol.